The smallest absolute Gasteiger partial charge is 0.415 e. The number of ether oxygens (including phenoxy) is 1. The third-order valence-electron chi connectivity index (χ3n) is 2.04. The van der Waals surface area contributed by atoms with Gasteiger partial charge in [0.15, 0.2) is 0 Å². The molecule has 0 aromatic heterocycles. The predicted octanol–water partition coefficient (Wildman–Crippen LogP) is 0.481. The van der Waals surface area contributed by atoms with Crippen LogP contribution in [0.5, 0.6) is 0 Å². The van der Waals surface area contributed by atoms with Gasteiger partial charge < -0.3 is 16.1 Å². The van der Waals surface area contributed by atoms with Gasteiger partial charge in [0.25, 0.3) is 0 Å². The standard InChI is InChI=1S/C7H13BO5P.Y/c1-5-3-7(8)13-6(5)4-12-14(9,10)11-2;/h3,5-7H,4H2,1-2H3,(H,9,10);/q-1;/t5?,6-,7-;/m1./s1. The summed E-state index contributed by atoms with van der Waals surface area (Å²) in [6, 6.07) is -0.431. The average molecular weight is 308 g/mol. The van der Waals surface area contributed by atoms with E-state index < -0.39 is 13.8 Å². The summed E-state index contributed by atoms with van der Waals surface area (Å²) in [5.41, 5.74) is 0. The fourth-order valence-corrected chi connectivity index (χ4v) is 1.65. The van der Waals surface area contributed by atoms with Crippen molar-refractivity contribution in [3.8, 4) is 0 Å². The van der Waals surface area contributed by atoms with Gasteiger partial charge in [-0.15, -0.1) is 5.92 Å². The summed E-state index contributed by atoms with van der Waals surface area (Å²) in [6.07, 6.45) is 1.52. The third kappa shape index (κ3) is 5.40. The molecule has 1 aliphatic heterocycles. The summed E-state index contributed by atoms with van der Waals surface area (Å²) in [5.74, 6) is 0.0989. The van der Waals surface area contributed by atoms with Gasteiger partial charge in [-0.2, -0.15) is 0 Å². The van der Waals surface area contributed by atoms with Crippen molar-refractivity contribution in [3.05, 3.63) is 6.42 Å². The fourth-order valence-electron chi connectivity index (χ4n) is 1.21. The van der Waals surface area contributed by atoms with E-state index in [0.29, 0.717) is 0 Å². The Hall–Kier alpha value is 1.24. The van der Waals surface area contributed by atoms with Gasteiger partial charge in [0.05, 0.1) is 20.6 Å². The van der Waals surface area contributed by atoms with Crippen LogP contribution in [0, 0.1) is 12.3 Å². The van der Waals surface area contributed by atoms with Crippen molar-refractivity contribution in [2.45, 2.75) is 19.0 Å². The summed E-state index contributed by atoms with van der Waals surface area (Å²) < 4.78 is 25.1. The molecule has 0 bridgehead atoms. The maximum absolute atomic E-state index is 10.9. The fraction of sp³-hybridized carbons (Fsp3) is 0.857. The van der Waals surface area contributed by atoms with E-state index in [-0.39, 0.29) is 51.3 Å². The Morgan fingerprint density at radius 3 is 2.67 bits per heavy atom. The molecule has 0 spiro atoms. The molecule has 8 heteroatoms. The molecule has 0 saturated carbocycles. The molecule has 1 N–H and O–H groups in total. The zero-order chi connectivity index (χ0) is 10.8. The van der Waals surface area contributed by atoms with Crippen molar-refractivity contribution in [2.75, 3.05) is 13.7 Å². The van der Waals surface area contributed by atoms with Crippen LogP contribution in [0.4, 0.5) is 0 Å². The first-order valence-electron chi connectivity index (χ1n) is 4.23. The normalized spacial score (nSPS) is 34.5. The van der Waals surface area contributed by atoms with Crippen LogP contribution >= 0.6 is 7.82 Å². The van der Waals surface area contributed by atoms with Crippen LogP contribution < -0.4 is 0 Å². The van der Waals surface area contributed by atoms with E-state index >= 15 is 0 Å². The van der Waals surface area contributed by atoms with Crippen molar-refractivity contribution < 1.29 is 56.0 Å². The number of hydrogen-bond donors (Lipinski definition) is 1. The van der Waals surface area contributed by atoms with Gasteiger partial charge in [-0.3, -0.25) is 9.05 Å². The van der Waals surface area contributed by atoms with Crippen molar-refractivity contribution >= 4 is 15.7 Å². The Morgan fingerprint density at radius 2 is 2.27 bits per heavy atom. The molecule has 1 aliphatic rings. The molecular formula is C7H13BO5PY-. The van der Waals surface area contributed by atoms with Gasteiger partial charge in [-0.1, -0.05) is 12.9 Å². The second-order valence-corrected chi connectivity index (χ2v) is 4.70. The molecular weight excluding hydrogens is 295 g/mol. The van der Waals surface area contributed by atoms with Crippen molar-refractivity contribution in [1.29, 1.82) is 0 Å². The number of phosphoric acid groups is 1. The van der Waals surface area contributed by atoms with E-state index in [1.165, 1.54) is 0 Å². The topological polar surface area (TPSA) is 65.0 Å². The van der Waals surface area contributed by atoms with Crippen LogP contribution in [-0.4, -0.2) is 38.6 Å². The van der Waals surface area contributed by atoms with E-state index in [1.54, 1.807) is 0 Å². The van der Waals surface area contributed by atoms with Crippen LogP contribution in [0.1, 0.15) is 6.92 Å². The maximum Gasteiger partial charge on any atom is 0.471 e. The minimum Gasteiger partial charge on any atom is -0.415 e. The molecule has 1 fully saturated rings. The van der Waals surface area contributed by atoms with E-state index in [9.17, 15) is 4.57 Å². The molecule has 3 radical (unpaired) electrons. The van der Waals surface area contributed by atoms with Crippen molar-refractivity contribution in [3.63, 3.8) is 0 Å². The van der Waals surface area contributed by atoms with Crippen LogP contribution in [-0.2, 0) is 51.1 Å². The zero-order valence-corrected chi connectivity index (χ0v) is 12.4. The second-order valence-electron chi connectivity index (χ2n) is 3.14. The molecule has 0 amide bonds. The van der Waals surface area contributed by atoms with E-state index in [4.69, 9.17) is 17.5 Å². The van der Waals surface area contributed by atoms with E-state index in [1.807, 2.05) is 13.3 Å². The van der Waals surface area contributed by atoms with Gasteiger partial charge in [-0.05, 0) is 0 Å². The summed E-state index contributed by atoms with van der Waals surface area (Å²) in [5, 5.41) is 0. The van der Waals surface area contributed by atoms with Crippen LogP contribution in [0.25, 0.3) is 0 Å². The van der Waals surface area contributed by atoms with Gasteiger partial charge in [0.1, 0.15) is 0 Å². The van der Waals surface area contributed by atoms with Crippen LogP contribution in [0.2, 0.25) is 0 Å². The summed E-state index contributed by atoms with van der Waals surface area (Å²) in [6.45, 7) is 1.89. The summed E-state index contributed by atoms with van der Waals surface area (Å²) in [4.78, 5) is 8.95. The van der Waals surface area contributed by atoms with E-state index in [0.717, 1.165) is 7.11 Å². The molecule has 15 heavy (non-hydrogen) atoms. The molecule has 2 unspecified atom stereocenters. The maximum atomic E-state index is 10.9. The van der Waals surface area contributed by atoms with Gasteiger partial charge in [0, 0.05) is 39.8 Å². The third-order valence-corrected chi connectivity index (χ3v) is 2.98. The first-order chi connectivity index (χ1) is 6.44. The number of hydrogen-bond acceptors (Lipinski definition) is 4. The van der Waals surface area contributed by atoms with Gasteiger partial charge in [-0.25, -0.2) is 4.57 Å². The Morgan fingerprint density at radius 1 is 1.67 bits per heavy atom. The predicted molar refractivity (Wildman–Crippen MR) is 50.7 cm³/mol. The Kier molecular flexibility index (Phi) is 7.41. The van der Waals surface area contributed by atoms with Crippen LogP contribution in [0.15, 0.2) is 0 Å². The molecule has 1 heterocycles. The molecule has 83 valence electrons. The van der Waals surface area contributed by atoms with Gasteiger partial charge in [0.2, 0.25) is 0 Å². The monoisotopic (exact) mass is 308 g/mol. The Balaban J connectivity index is 0.00000196. The van der Waals surface area contributed by atoms with Crippen LogP contribution in [0.3, 0.4) is 0 Å². The molecule has 1 saturated heterocycles. The van der Waals surface area contributed by atoms with Crippen molar-refractivity contribution in [2.24, 2.45) is 5.92 Å². The average Bonchev–Trinajstić information content (AvgIpc) is 2.42. The first-order valence-corrected chi connectivity index (χ1v) is 5.73. The zero-order valence-electron chi connectivity index (χ0n) is 8.70. The molecule has 0 aromatic carbocycles. The molecule has 1 rings (SSSR count). The quantitative estimate of drug-likeness (QED) is 0.465. The molecule has 0 aliphatic carbocycles. The SMILES string of the molecule is [B][C@H]1[CH-]C(C)[C@@H](COP(=O)(O)OC)O1.[Y]. The first kappa shape index (κ1) is 16.2. The minimum atomic E-state index is -3.91. The molecule has 5 nitrogen and oxygen atoms in total. The summed E-state index contributed by atoms with van der Waals surface area (Å²) in [7, 11) is 2.69. The minimum absolute atomic E-state index is 0. The Bertz CT molecular complexity index is 241. The van der Waals surface area contributed by atoms with E-state index in [2.05, 4.69) is 9.05 Å². The number of phosphoric ester groups is 1. The molecule has 0 aromatic rings. The number of rotatable bonds is 4. The Labute approximate surface area is 116 Å². The second kappa shape index (κ2) is 6.85. The van der Waals surface area contributed by atoms with Gasteiger partial charge >= 0.3 is 7.82 Å². The summed E-state index contributed by atoms with van der Waals surface area (Å²) >= 11 is 0. The largest absolute Gasteiger partial charge is 0.471 e. The van der Waals surface area contributed by atoms with Crippen molar-refractivity contribution in [1.82, 2.24) is 0 Å². The molecule has 4 atom stereocenters.